The number of esters is 1. The zero-order valence-corrected chi connectivity index (χ0v) is 13.5. The zero-order chi connectivity index (χ0) is 17.1. The maximum Gasteiger partial charge on any atom is 0.356 e. The zero-order valence-electron chi connectivity index (χ0n) is 13.5. The second kappa shape index (κ2) is 6.66. The van der Waals surface area contributed by atoms with Gasteiger partial charge in [0.1, 0.15) is 11.3 Å². The standard InChI is InChI=1S/C19H17FN2O2/c1-3-12-6-4-7-13(10-12)21-16-11-17(19(23)24-2)22-18-14(16)8-5-9-15(18)20/h4-11H,3H2,1-2H3,(H,21,22). The van der Waals surface area contributed by atoms with E-state index in [9.17, 15) is 9.18 Å². The maximum absolute atomic E-state index is 14.1. The van der Waals surface area contributed by atoms with Crippen LogP contribution in [0.2, 0.25) is 0 Å². The number of anilines is 2. The summed E-state index contributed by atoms with van der Waals surface area (Å²) in [4.78, 5) is 15.9. The summed E-state index contributed by atoms with van der Waals surface area (Å²) in [7, 11) is 1.27. The molecule has 1 N–H and O–H groups in total. The first kappa shape index (κ1) is 15.9. The minimum atomic E-state index is -0.606. The van der Waals surface area contributed by atoms with Crippen LogP contribution in [0.5, 0.6) is 0 Å². The van der Waals surface area contributed by atoms with Gasteiger partial charge < -0.3 is 10.1 Å². The smallest absolute Gasteiger partial charge is 0.356 e. The first-order valence-corrected chi connectivity index (χ1v) is 7.66. The molecule has 0 aliphatic rings. The van der Waals surface area contributed by atoms with Crippen molar-refractivity contribution >= 4 is 28.2 Å². The lowest BCUT2D eigenvalue weighted by Crippen LogP contribution is -2.06. The summed E-state index contributed by atoms with van der Waals surface area (Å²) in [5.74, 6) is -1.09. The third-order valence-electron chi connectivity index (χ3n) is 3.80. The molecule has 0 saturated carbocycles. The van der Waals surface area contributed by atoms with Crippen LogP contribution in [0.1, 0.15) is 23.0 Å². The number of nitrogens with one attached hydrogen (secondary N) is 1. The minimum Gasteiger partial charge on any atom is -0.464 e. The molecule has 0 aliphatic carbocycles. The number of hydrogen-bond donors (Lipinski definition) is 1. The summed E-state index contributed by atoms with van der Waals surface area (Å²) < 4.78 is 18.8. The molecule has 0 saturated heterocycles. The molecule has 0 radical (unpaired) electrons. The highest BCUT2D eigenvalue weighted by molar-refractivity contribution is 5.99. The van der Waals surface area contributed by atoms with Gasteiger partial charge in [-0.3, -0.25) is 0 Å². The summed E-state index contributed by atoms with van der Waals surface area (Å²) >= 11 is 0. The first-order valence-electron chi connectivity index (χ1n) is 7.66. The van der Waals surface area contributed by atoms with Crippen LogP contribution in [-0.4, -0.2) is 18.1 Å². The van der Waals surface area contributed by atoms with E-state index in [1.807, 2.05) is 24.3 Å². The van der Waals surface area contributed by atoms with Crippen molar-refractivity contribution in [1.29, 1.82) is 0 Å². The van der Waals surface area contributed by atoms with Gasteiger partial charge in [-0.1, -0.05) is 31.2 Å². The summed E-state index contributed by atoms with van der Waals surface area (Å²) in [6.07, 6.45) is 0.911. The lowest BCUT2D eigenvalue weighted by molar-refractivity contribution is 0.0594. The Hall–Kier alpha value is -2.95. The van der Waals surface area contributed by atoms with Crippen molar-refractivity contribution in [3.63, 3.8) is 0 Å². The lowest BCUT2D eigenvalue weighted by Gasteiger charge is -2.12. The lowest BCUT2D eigenvalue weighted by atomic mass is 10.1. The van der Waals surface area contributed by atoms with E-state index in [4.69, 9.17) is 4.74 Å². The number of nitrogens with zero attached hydrogens (tertiary/aromatic N) is 1. The summed E-state index contributed by atoms with van der Waals surface area (Å²) in [6, 6.07) is 14.2. The number of pyridine rings is 1. The summed E-state index contributed by atoms with van der Waals surface area (Å²) in [6.45, 7) is 2.08. The quantitative estimate of drug-likeness (QED) is 0.720. The number of carbonyl (C=O) groups is 1. The number of para-hydroxylation sites is 1. The van der Waals surface area contributed by atoms with Gasteiger partial charge in [-0.15, -0.1) is 0 Å². The normalized spacial score (nSPS) is 10.6. The summed E-state index contributed by atoms with van der Waals surface area (Å²) in [5.41, 5.74) is 2.84. The van der Waals surface area contributed by atoms with Crippen molar-refractivity contribution in [3.05, 3.63) is 65.6 Å². The van der Waals surface area contributed by atoms with Crippen LogP contribution in [0.25, 0.3) is 10.9 Å². The van der Waals surface area contributed by atoms with Gasteiger partial charge >= 0.3 is 5.97 Å². The van der Waals surface area contributed by atoms with Crippen molar-refractivity contribution in [2.24, 2.45) is 0 Å². The number of aromatic nitrogens is 1. The van der Waals surface area contributed by atoms with Crippen LogP contribution in [0, 0.1) is 5.82 Å². The van der Waals surface area contributed by atoms with Gasteiger partial charge in [0.25, 0.3) is 0 Å². The van der Waals surface area contributed by atoms with Crippen molar-refractivity contribution < 1.29 is 13.9 Å². The molecule has 1 heterocycles. The van der Waals surface area contributed by atoms with Gasteiger partial charge in [0, 0.05) is 11.1 Å². The highest BCUT2D eigenvalue weighted by Gasteiger charge is 2.15. The van der Waals surface area contributed by atoms with Gasteiger partial charge in [-0.05, 0) is 36.2 Å². The van der Waals surface area contributed by atoms with Crippen molar-refractivity contribution in [3.8, 4) is 0 Å². The third-order valence-corrected chi connectivity index (χ3v) is 3.80. The Labute approximate surface area is 139 Å². The predicted octanol–water partition coefficient (Wildman–Crippen LogP) is 4.47. The molecule has 0 aliphatic heterocycles. The van der Waals surface area contributed by atoms with Crippen LogP contribution >= 0.6 is 0 Å². The van der Waals surface area contributed by atoms with E-state index in [1.165, 1.54) is 18.7 Å². The van der Waals surface area contributed by atoms with Gasteiger partial charge in [-0.2, -0.15) is 0 Å². The Morgan fingerprint density at radius 2 is 2.00 bits per heavy atom. The maximum atomic E-state index is 14.1. The predicted molar refractivity (Wildman–Crippen MR) is 92.1 cm³/mol. The molecule has 0 unspecified atom stereocenters. The van der Waals surface area contributed by atoms with Gasteiger partial charge in [0.15, 0.2) is 5.69 Å². The Balaban J connectivity index is 2.14. The van der Waals surface area contributed by atoms with Crippen LogP contribution in [0.15, 0.2) is 48.5 Å². The molecule has 4 nitrogen and oxygen atoms in total. The molecule has 122 valence electrons. The molecular weight excluding hydrogens is 307 g/mol. The van der Waals surface area contributed by atoms with Crippen molar-refractivity contribution in [2.45, 2.75) is 13.3 Å². The second-order valence-electron chi connectivity index (χ2n) is 5.36. The molecule has 1 aromatic heterocycles. The van der Waals surface area contributed by atoms with Crippen molar-refractivity contribution in [2.75, 3.05) is 12.4 Å². The van der Waals surface area contributed by atoms with E-state index in [-0.39, 0.29) is 11.2 Å². The van der Waals surface area contributed by atoms with Gasteiger partial charge in [-0.25, -0.2) is 14.2 Å². The molecule has 0 fully saturated rings. The van der Waals surface area contributed by atoms with E-state index < -0.39 is 11.8 Å². The highest BCUT2D eigenvalue weighted by Crippen LogP contribution is 2.28. The van der Waals surface area contributed by atoms with Crippen LogP contribution in [0.4, 0.5) is 15.8 Å². The highest BCUT2D eigenvalue weighted by atomic mass is 19.1. The number of carbonyl (C=O) groups excluding carboxylic acids is 1. The van der Waals surface area contributed by atoms with Crippen molar-refractivity contribution in [1.82, 2.24) is 4.98 Å². The molecule has 3 rings (SSSR count). The Kier molecular flexibility index (Phi) is 4.42. The largest absolute Gasteiger partial charge is 0.464 e. The fourth-order valence-electron chi connectivity index (χ4n) is 2.55. The third kappa shape index (κ3) is 3.06. The van der Waals surface area contributed by atoms with Crippen LogP contribution in [-0.2, 0) is 11.2 Å². The van der Waals surface area contributed by atoms with E-state index in [0.29, 0.717) is 11.1 Å². The molecule has 0 spiro atoms. The first-order chi connectivity index (χ1) is 11.6. The van der Waals surface area contributed by atoms with Gasteiger partial charge in [0.2, 0.25) is 0 Å². The molecule has 0 amide bonds. The Morgan fingerprint density at radius 1 is 1.21 bits per heavy atom. The number of hydrogen-bond acceptors (Lipinski definition) is 4. The molecule has 5 heteroatoms. The molecule has 0 atom stereocenters. The summed E-state index contributed by atoms with van der Waals surface area (Å²) in [5, 5.41) is 3.86. The second-order valence-corrected chi connectivity index (χ2v) is 5.36. The van der Waals surface area contributed by atoms with Gasteiger partial charge in [0.05, 0.1) is 12.8 Å². The van der Waals surface area contributed by atoms with E-state index in [0.717, 1.165) is 12.1 Å². The van der Waals surface area contributed by atoms with Crippen LogP contribution < -0.4 is 5.32 Å². The SMILES string of the molecule is CCc1cccc(Nc2cc(C(=O)OC)nc3c(F)cccc23)c1. The number of fused-ring (bicyclic) bond motifs is 1. The topological polar surface area (TPSA) is 51.2 Å². The fraction of sp³-hybridized carbons (Fsp3) is 0.158. The number of aryl methyl sites for hydroxylation is 1. The number of benzene rings is 2. The number of methoxy groups -OCH3 is 1. The number of rotatable bonds is 4. The van der Waals surface area contributed by atoms with E-state index in [1.54, 1.807) is 18.2 Å². The molecule has 0 bridgehead atoms. The van der Waals surface area contributed by atoms with E-state index in [2.05, 4.69) is 17.2 Å². The number of ether oxygens (including phenoxy) is 1. The molecule has 24 heavy (non-hydrogen) atoms. The average Bonchev–Trinajstić information content (AvgIpc) is 2.61. The van der Waals surface area contributed by atoms with E-state index >= 15 is 0 Å². The Morgan fingerprint density at radius 3 is 2.75 bits per heavy atom. The average molecular weight is 324 g/mol. The monoisotopic (exact) mass is 324 g/mol. The Bertz CT molecular complexity index is 909. The molecular formula is C19H17FN2O2. The molecule has 3 aromatic rings. The fourth-order valence-corrected chi connectivity index (χ4v) is 2.55. The number of halogens is 1. The minimum absolute atomic E-state index is 0.0595. The molecule has 2 aromatic carbocycles. The van der Waals surface area contributed by atoms with Crippen LogP contribution in [0.3, 0.4) is 0 Å².